The van der Waals surface area contributed by atoms with Crippen LogP contribution in [0.15, 0.2) is 30.3 Å². The lowest BCUT2D eigenvalue weighted by Crippen LogP contribution is -2.01. The Morgan fingerprint density at radius 1 is 1.35 bits per heavy atom. The Bertz CT molecular complexity index is 584. The second-order valence-corrected chi connectivity index (χ2v) is 4.66. The highest BCUT2D eigenvalue weighted by Gasteiger charge is 2.26. The second kappa shape index (κ2) is 3.95. The normalized spacial score (nSPS) is 15.1. The molecular weight excluding hydrogens is 210 g/mol. The Morgan fingerprint density at radius 2 is 2.12 bits per heavy atom. The number of carbonyl (C=O) groups excluding carboxylic acids is 1. The molecule has 1 fully saturated rings. The van der Waals surface area contributed by atoms with Crippen molar-refractivity contribution in [2.24, 2.45) is 0 Å². The third kappa shape index (κ3) is 1.84. The predicted octanol–water partition coefficient (Wildman–Crippen LogP) is 3.70. The molecule has 0 unspecified atom stereocenters. The lowest BCUT2D eigenvalue weighted by Gasteiger charge is -2.07. The van der Waals surface area contributed by atoms with E-state index in [1.165, 1.54) is 12.8 Å². The minimum Gasteiger partial charge on any atom is -0.294 e. The summed E-state index contributed by atoms with van der Waals surface area (Å²) in [5, 5.41) is 0.990. The average molecular weight is 225 g/mol. The highest BCUT2D eigenvalue weighted by Crippen LogP contribution is 2.40. The van der Waals surface area contributed by atoms with Crippen molar-refractivity contribution < 1.29 is 4.79 Å². The quantitative estimate of drug-likeness (QED) is 0.745. The van der Waals surface area contributed by atoms with E-state index >= 15 is 0 Å². The predicted molar refractivity (Wildman–Crippen MR) is 68.3 cm³/mol. The van der Waals surface area contributed by atoms with Gasteiger partial charge in [0.25, 0.3) is 0 Å². The fraction of sp³-hybridized carbons (Fsp3) is 0.333. The van der Waals surface area contributed by atoms with Crippen molar-refractivity contribution in [1.82, 2.24) is 4.98 Å². The molecule has 17 heavy (non-hydrogen) atoms. The van der Waals surface area contributed by atoms with Crippen molar-refractivity contribution >= 4 is 16.7 Å². The van der Waals surface area contributed by atoms with E-state index in [-0.39, 0.29) is 5.78 Å². The van der Waals surface area contributed by atoms with Crippen LogP contribution in [0.3, 0.4) is 0 Å². The molecule has 3 rings (SSSR count). The van der Waals surface area contributed by atoms with E-state index in [9.17, 15) is 4.79 Å². The van der Waals surface area contributed by atoms with Gasteiger partial charge in [0.1, 0.15) is 0 Å². The van der Waals surface area contributed by atoms with E-state index in [0.717, 1.165) is 22.2 Å². The molecule has 1 aliphatic carbocycles. The summed E-state index contributed by atoms with van der Waals surface area (Å²) in [6, 6.07) is 9.93. The van der Waals surface area contributed by atoms with Gasteiger partial charge in [-0.1, -0.05) is 25.1 Å². The number of ketones is 1. The molecule has 0 spiro atoms. The summed E-state index contributed by atoms with van der Waals surface area (Å²) in [7, 11) is 0. The lowest BCUT2D eigenvalue weighted by molar-refractivity contribution is 0.0989. The van der Waals surface area contributed by atoms with Gasteiger partial charge in [-0.25, -0.2) is 0 Å². The number of benzene rings is 1. The van der Waals surface area contributed by atoms with Gasteiger partial charge in [-0.2, -0.15) is 0 Å². The van der Waals surface area contributed by atoms with Crippen LogP contribution in [0.2, 0.25) is 0 Å². The highest BCUT2D eigenvalue weighted by molar-refractivity contribution is 6.07. The third-order valence-corrected chi connectivity index (χ3v) is 3.35. The van der Waals surface area contributed by atoms with Gasteiger partial charge < -0.3 is 0 Å². The number of hydrogen-bond acceptors (Lipinski definition) is 2. The van der Waals surface area contributed by atoms with Crippen molar-refractivity contribution in [3.63, 3.8) is 0 Å². The molecule has 1 aromatic heterocycles. The standard InChI is InChI=1S/C15H15NO/c1-2-15(17)12-9-14(10-7-8-10)16-13-6-4-3-5-11(12)13/h3-6,9-10H,2,7-8H2,1H3. The summed E-state index contributed by atoms with van der Waals surface area (Å²) in [5.74, 6) is 0.800. The molecule has 0 saturated heterocycles. The van der Waals surface area contributed by atoms with E-state index < -0.39 is 0 Å². The summed E-state index contributed by atoms with van der Waals surface area (Å²) in [5.41, 5.74) is 2.90. The Morgan fingerprint density at radius 3 is 2.82 bits per heavy atom. The lowest BCUT2D eigenvalue weighted by atomic mass is 10.0. The number of pyridine rings is 1. The molecule has 0 aliphatic heterocycles. The Hall–Kier alpha value is -1.70. The number of rotatable bonds is 3. The minimum absolute atomic E-state index is 0.213. The fourth-order valence-electron chi connectivity index (χ4n) is 2.21. The summed E-state index contributed by atoms with van der Waals surface area (Å²) in [6.07, 6.45) is 2.98. The van der Waals surface area contributed by atoms with Crippen LogP contribution in [-0.2, 0) is 0 Å². The van der Waals surface area contributed by atoms with Crippen molar-refractivity contribution in [3.05, 3.63) is 41.6 Å². The Kier molecular flexibility index (Phi) is 2.43. The first-order chi connectivity index (χ1) is 8.29. The van der Waals surface area contributed by atoms with Gasteiger partial charge in [0, 0.05) is 29.0 Å². The van der Waals surface area contributed by atoms with Crippen LogP contribution in [0.4, 0.5) is 0 Å². The topological polar surface area (TPSA) is 30.0 Å². The van der Waals surface area contributed by atoms with Gasteiger partial charge in [-0.3, -0.25) is 9.78 Å². The maximum atomic E-state index is 12.0. The summed E-state index contributed by atoms with van der Waals surface area (Å²) in [4.78, 5) is 16.7. The van der Waals surface area contributed by atoms with Crippen molar-refractivity contribution in [2.45, 2.75) is 32.1 Å². The third-order valence-electron chi connectivity index (χ3n) is 3.35. The van der Waals surface area contributed by atoms with Crippen molar-refractivity contribution in [2.75, 3.05) is 0 Å². The van der Waals surface area contributed by atoms with E-state index in [2.05, 4.69) is 4.98 Å². The van der Waals surface area contributed by atoms with E-state index in [0.29, 0.717) is 12.3 Å². The van der Waals surface area contributed by atoms with Crippen molar-refractivity contribution in [3.8, 4) is 0 Å². The number of Topliss-reactive ketones (excluding diaryl/α,β-unsaturated/α-hetero) is 1. The number of carbonyl (C=O) groups is 1. The average Bonchev–Trinajstić information content (AvgIpc) is 3.21. The Balaban J connectivity index is 2.25. The molecule has 2 heteroatoms. The highest BCUT2D eigenvalue weighted by atomic mass is 16.1. The van der Waals surface area contributed by atoms with Crippen LogP contribution in [0, 0.1) is 0 Å². The van der Waals surface area contributed by atoms with Crippen LogP contribution in [-0.4, -0.2) is 10.8 Å². The van der Waals surface area contributed by atoms with Crippen LogP contribution in [0.5, 0.6) is 0 Å². The largest absolute Gasteiger partial charge is 0.294 e. The van der Waals surface area contributed by atoms with E-state index in [4.69, 9.17) is 0 Å². The number of para-hydroxylation sites is 1. The van der Waals surface area contributed by atoms with Gasteiger partial charge in [-0.05, 0) is 25.0 Å². The molecule has 0 radical (unpaired) electrons. The SMILES string of the molecule is CCC(=O)c1cc(C2CC2)nc2ccccc12. The second-order valence-electron chi connectivity index (χ2n) is 4.66. The van der Waals surface area contributed by atoms with Gasteiger partial charge >= 0.3 is 0 Å². The number of nitrogens with zero attached hydrogens (tertiary/aromatic N) is 1. The van der Waals surface area contributed by atoms with Crippen LogP contribution in [0.25, 0.3) is 10.9 Å². The van der Waals surface area contributed by atoms with Crippen molar-refractivity contribution in [1.29, 1.82) is 0 Å². The molecule has 1 saturated carbocycles. The molecule has 86 valence electrons. The number of hydrogen-bond donors (Lipinski definition) is 0. The Labute approximate surface area is 101 Å². The smallest absolute Gasteiger partial charge is 0.163 e. The van der Waals surface area contributed by atoms with Crippen LogP contribution < -0.4 is 0 Å². The molecule has 0 bridgehead atoms. The first-order valence-corrected chi connectivity index (χ1v) is 6.22. The molecule has 0 N–H and O–H groups in total. The molecule has 2 aromatic rings. The molecule has 2 nitrogen and oxygen atoms in total. The summed E-state index contributed by atoms with van der Waals surface area (Å²) in [6.45, 7) is 1.91. The monoisotopic (exact) mass is 225 g/mol. The van der Waals surface area contributed by atoms with Gasteiger partial charge in [0.15, 0.2) is 5.78 Å². The molecule has 0 atom stereocenters. The zero-order valence-electron chi connectivity index (χ0n) is 9.94. The molecule has 1 heterocycles. The van der Waals surface area contributed by atoms with Gasteiger partial charge in [0.2, 0.25) is 0 Å². The molecular formula is C15H15NO. The van der Waals surface area contributed by atoms with E-state index in [1.807, 2.05) is 37.3 Å². The molecule has 0 amide bonds. The maximum Gasteiger partial charge on any atom is 0.163 e. The zero-order chi connectivity index (χ0) is 11.8. The van der Waals surface area contributed by atoms with Gasteiger partial charge in [-0.15, -0.1) is 0 Å². The first-order valence-electron chi connectivity index (χ1n) is 6.22. The summed E-state index contributed by atoms with van der Waals surface area (Å²) < 4.78 is 0. The number of aromatic nitrogens is 1. The minimum atomic E-state index is 0.213. The van der Waals surface area contributed by atoms with Gasteiger partial charge in [0.05, 0.1) is 5.52 Å². The maximum absolute atomic E-state index is 12.0. The molecule has 1 aliphatic rings. The number of fused-ring (bicyclic) bond motifs is 1. The fourth-order valence-corrected chi connectivity index (χ4v) is 2.21. The van der Waals surface area contributed by atoms with Crippen LogP contribution in [0.1, 0.15) is 48.2 Å². The zero-order valence-corrected chi connectivity index (χ0v) is 9.94. The first kappa shape index (κ1) is 10.5. The van der Waals surface area contributed by atoms with E-state index in [1.54, 1.807) is 0 Å². The molecule has 1 aromatic carbocycles. The summed E-state index contributed by atoms with van der Waals surface area (Å²) >= 11 is 0. The van der Waals surface area contributed by atoms with Crippen LogP contribution >= 0.6 is 0 Å².